The van der Waals surface area contributed by atoms with Crippen LogP contribution < -0.4 is 0 Å². The van der Waals surface area contributed by atoms with Crippen molar-refractivity contribution in [2.75, 3.05) is 0 Å². The van der Waals surface area contributed by atoms with Crippen molar-refractivity contribution in [1.29, 1.82) is 0 Å². The number of allylic oxidation sites excluding steroid dienone is 2. The highest BCUT2D eigenvalue weighted by Crippen LogP contribution is 2.04. The maximum absolute atomic E-state index is 10.1. The molecule has 2 heteroatoms. The van der Waals surface area contributed by atoms with Crippen LogP contribution in [0.5, 0.6) is 0 Å². The molecule has 1 aromatic rings. The van der Waals surface area contributed by atoms with Crippen molar-refractivity contribution >= 4 is 12.0 Å². The summed E-state index contributed by atoms with van der Waals surface area (Å²) in [5, 5.41) is 8.31. The van der Waals surface area contributed by atoms with Crippen LogP contribution in [-0.4, -0.2) is 11.1 Å². The Balaban J connectivity index is 2.60. The first kappa shape index (κ1) is 10.3. The van der Waals surface area contributed by atoms with Crippen molar-refractivity contribution in [2.24, 2.45) is 0 Å². The third kappa shape index (κ3) is 3.72. The lowest BCUT2D eigenvalue weighted by atomic mass is 10.1. The van der Waals surface area contributed by atoms with E-state index in [2.05, 4.69) is 0 Å². The zero-order valence-electron chi connectivity index (χ0n) is 7.55. The molecule has 0 heterocycles. The van der Waals surface area contributed by atoms with Gasteiger partial charge in [-0.2, -0.15) is 0 Å². The van der Waals surface area contributed by atoms with Gasteiger partial charge in [0.25, 0.3) is 0 Å². The zero-order chi connectivity index (χ0) is 10.4. The van der Waals surface area contributed by atoms with Crippen molar-refractivity contribution in [3.05, 3.63) is 60.5 Å². The minimum absolute atomic E-state index is 0.711. The summed E-state index contributed by atoms with van der Waals surface area (Å²) < 4.78 is 0. The van der Waals surface area contributed by atoms with Crippen LogP contribution in [0.1, 0.15) is 11.1 Å². The Bertz CT molecular complexity index is 358. The van der Waals surface area contributed by atoms with Crippen LogP contribution in [0.3, 0.4) is 0 Å². The minimum atomic E-state index is -0.952. The molecule has 0 aliphatic heterocycles. The van der Waals surface area contributed by atoms with Gasteiger partial charge in [0.05, 0.1) is 0 Å². The van der Waals surface area contributed by atoms with Crippen LogP contribution in [-0.2, 0) is 4.79 Å². The summed E-state index contributed by atoms with van der Waals surface area (Å²) in [6.07, 6.45) is 6.02. The summed E-state index contributed by atoms with van der Waals surface area (Å²) in [6.45, 7) is 5.51. The van der Waals surface area contributed by atoms with E-state index >= 15 is 0 Å². The summed E-state index contributed by atoms with van der Waals surface area (Å²) in [5.74, 6) is -0.952. The first-order chi connectivity index (χ1) is 6.68. The molecule has 2 radical (unpaired) electrons. The molecule has 1 N–H and O–H groups in total. The van der Waals surface area contributed by atoms with Crippen molar-refractivity contribution in [3.63, 3.8) is 0 Å². The van der Waals surface area contributed by atoms with Gasteiger partial charge in [0.2, 0.25) is 0 Å². The van der Waals surface area contributed by atoms with E-state index in [1.54, 1.807) is 24.3 Å². The lowest BCUT2D eigenvalue weighted by Gasteiger charge is -1.92. The fourth-order valence-corrected chi connectivity index (χ4v) is 0.912. The van der Waals surface area contributed by atoms with Gasteiger partial charge < -0.3 is 5.11 Å². The Kier molecular flexibility index (Phi) is 3.68. The standard InChI is InChI=1S/C12H10O2/c1-10-6-8-11(9-7-10)4-2-3-5-12(13)14/h1-9H,(H,13,14). The molecule has 0 amide bonds. The number of carboxylic acid groups (broad SMARTS) is 1. The van der Waals surface area contributed by atoms with Crippen LogP contribution in [0.15, 0.2) is 42.5 Å². The van der Waals surface area contributed by atoms with E-state index in [0.29, 0.717) is 5.56 Å². The van der Waals surface area contributed by atoms with Crippen LogP contribution in [0.2, 0.25) is 0 Å². The van der Waals surface area contributed by atoms with Crippen LogP contribution in [0.4, 0.5) is 0 Å². The highest BCUT2D eigenvalue weighted by molar-refractivity contribution is 5.80. The largest absolute Gasteiger partial charge is 0.478 e. The maximum atomic E-state index is 10.1. The number of hydrogen-bond acceptors (Lipinski definition) is 1. The molecule has 0 saturated heterocycles. The van der Waals surface area contributed by atoms with Crippen molar-refractivity contribution in [2.45, 2.75) is 0 Å². The van der Waals surface area contributed by atoms with E-state index in [-0.39, 0.29) is 0 Å². The molecule has 0 aliphatic rings. The van der Waals surface area contributed by atoms with E-state index in [0.717, 1.165) is 11.6 Å². The van der Waals surface area contributed by atoms with Gasteiger partial charge in [-0.05, 0) is 18.1 Å². The van der Waals surface area contributed by atoms with Crippen LogP contribution >= 0.6 is 0 Å². The quantitative estimate of drug-likeness (QED) is 0.581. The molecule has 1 aromatic carbocycles. The molecule has 0 bridgehead atoms. The zero-order valence-corrected chi connectivity index (χ0v) is 7.55. The smallest absolute Gasteiger partial charge is 0.328 e. The summed E-state index contributed by atoms with van der Waals surface area (Å²) in [6, 6.07) is 7.31. The van der Waals surface area contributed by atoms with Crippen molar-refractivity contribution in [3.8, 4) is 0 Å². The Hall–Kier alpha value is -1.83. The first-order valence-electron chi connectivity index (χ1n) is 4.12. The van der Waals surface area contributed by atoms with Gasteiger partial charge in [-0.1, -0.05) is 42.5 Å². The summed E-state index contributed by atoms with van der Waals surface area (Å²) >= 11 is 0. The number of benzene rings is 1. The molecule has 0 fully saturated rings. The van der Waals surface area contributed by atoms with E-state index in [9.17, 15) is 4.79 Å². The lowest BCUT2D eigenvalue weighted by Crippen LogP contribution is -1.84. The predicted octanol–water partition coefficient (Wildman–Crippen LogP) is 2.40. The lowest BCUT2D eigenvalue weighted by molar-refractivity contribution is -0.131. The Labute approximate surface area is 83.2 Å². The summed E-state index contributed by atoms with van der Waals surface area (Å²) in [4.78, 5) is 10.1. The van der Waals surface area contributed by atoms with Crippen molar-refractivity contribution in [1.82, 2.24) is 0 Å². The molecule has 1 rings (SSSR count). The van der Waals surface area contributed by atoms with Gasteiger partial charge >= 0.3 is 5.97 Å². The van der Waals surface area contributed by atoms with Gasteiger partial charge in [0.1, 0.15) is 0 Å². The predicted molar refractivity (Wildman–Crippen MR) is 55.7 cm³/mol. The monoisotopic (exact) mass is 186 g/mol. The Morgan fingerprint density at radius 2 is 1.86 bits per heavy atom. The molecule has 0 atom stereocenters. The Morgan fingerprint density at radius 3 is 2.43 bits per heavy atom. The average molecular weight is 186 g/mol. The van der Waals surface area contributed by atoms with Gasteiger partial charge in [-0.15, -0.1) is 0 Å². The van der Waals surface area contributed by atoms with E-state index in [4.69, 9.17) is 12.0 Å². The van der Waals surface area contributed by atoms with Gasteiger partial charge in [-0.25, -0.2) is 4.79 Å². The number of rotatable bonds is 3. The molecule has 14 heavy (non-hydrogen) atoms. The van der Waals surface area contributed by atoms with Gasteiger partial charge in [0.15, 0.2) is 0 Å². The fourth-order valence-electron chi connectivity index (χ4n) is 0.912. The molecular weight excluding hydrogens is 176 g/mol. The normalized spacial score (nSPS) is 11.2. The Morgan fingerprint density at radius 1 is 1.21 bits per heavy atom. The van der Waals surface area contributed by atoms with E-state index < -0.39 is 5.97 Å². The molecule has 0 saturated carbocycles. The van der Waals surface area contributed by atoms with Gasteiger partial charge in [0, 0.05) is 6.08 Å². The topological polar surface area (TPSA) is 37.3 Å². The maximum Gasteiger partial charge on any atom is 0.328 e. The molecule has 0 aromatic heterocycles. The number of aliphatic carboxylic acids is 1. The SMILES string of the molecule is [CH]c1ccc(C=CC=CC(=O)O)cc1. The van der Waals surface area contributed by atoms with Crippen LogP contribution in [0, 0.1) is 6.92 Å². The highest BCUT2D eigenvalue weighted by Gasteiger charge is 1.85. The minimum Gasteiger partial charge on any atom is -0.478 e. The molecule has 2 nitrogen and oxygen atoms in total. The molecule has 70 valence electrons. The second kappa shape index (κ2) is 5.02. The van der Waals surface area contributed by atoms with Gasteiger partial charge in [-0.3, -0.25) is 0 Å². The van der Waals surface area contributed by atoms with E-state index in [1.807, 2.05) is 12.1 Å². The second-order valence-corrected chi connectivity index (χ2v) is 2.72. The molecule has 0 unspecified atom stereocenters. The number of hydrogen-bond donors (Lipinski definition) is 1. The molecule has 0 aliphatic carbocycles. The summed E-state index contributed by atoms with van der Waals surface area (Å²) in [5.41, 5.74) is 1.69. The second-order valence-electron chi connectivity index (χ2n) is 2.72. The number of carbonyl (C=O) groups is 1. The third-order valence-electron chi connectivity index (χ3n) is 1.58. The van der Waals surface area contributed by atoms with E-state index in [1.165, 1.54) is 6.08 Å². The highest BCUT2D eigenvalue weighted by atomic mass is 16.4. The third-order valence-corrected chi connectivity index (χ3v) is 1.58. The molecule has 0 spiro atoms. The van der Waals surface area contributed by atoms with Crippen LogP contribution in [0.25, 0.3) is 6.08 Å². The first-order valence-corrected chi connectivity index (χ1v) is 4.12. The average Bonchev–Trinajstić information content (AvgIpc) is 2.15. The molecular formula is C12H10O2. The number of carboxylic acids is 1. The summed E-state index contributed by atoms with van der Waals surface area (Å²) in [7, 11) is 0. The van der Waals surface area contributed by atoms with Crippen molar-refractivity contribution < 1.29 is 9.90 Å². The fraction of sp³-hybridized carbons (Fsp3) is 0.